The Morgan fingerprint density at radius 2 is 1.95 bits per heavy atom. The third-order valence-electron chi connectivity index (χ3n) is 4.62. The molecule has 0 radical (unpaired) electrons. The van der Waals surface area contributed by atoms with Crippen molar-refractivity contribution >= 4 is 12.4 Å². The molecule has 4 heteroatoms. The lowest BCUT2D eigenvalue weighted by Crippen LogP contribution is -2.45. The fourth-order valence-corrected chi connectivity index (χ4v) is 3.53. The van der Waals surface area contributed by atoms with E-state index in [2.05, 4.69) is 11.8 Å². The zero-order valence-electron chi connectivity index (χ0n) is 12.4. The zero-order chi connectivity index (χ0) is 12.8. The lowest BCUT2D eigenvalue weighted by Gasteiger charge is -2.38. The van der Waals surface area contributed by atoms with Crippen LogP contribution in [0, 0.1) is 11.8 Å². The number of ether oxygens (including phenoxy) is 1. The summed E-state index contributed by atoms with van der Waals surface area (Å²) >= 11 is 0. The van der Waals surface area contributed by atoms with Crippen molar-refractivity contribution in [3.8, 4) is 0 Å². The maximum atomic E-state index is 6.26. The molecule has 1 heterocycles. The van der Waals surface area contributed by atoms with E-state index in [-0.39, 0.29) is 12.4 Å². The molecule has 3 nitrogen and oxygen atoms in total. The van der Waals surface area contributed by atoms with Gasteiger partial charge in [-0.2, -0.15) is 0 Å². The molecule has 0 aromatic heterocycles. The molecule has 2 fully saturated rings. The molecular formula is C15H31ClN2O. The maximum Gasteiger partial charge on any atom is 0.0506 e. The molecule has 3 atom stereocenters. The molecule has 2 rings (SSSR count). The molecule has 0 bridgehead atoms. The summed E-state index contributed by atoms with van der Waals surface area (Å²) in [6.07, 6.45) is 7.97. The van der Waals surface area contributed by atoms with E-state index in [1.807, 2.05) is 0 Å². The molecule has 0 aromatic carbocycles. The second-order valence-electron chi connectivity index (χ2n) is 6.14. The summed E-state index contributed by atoms with van der Waals surface area (Å²) in [6, 6.07) is 0.450. The second kappa shape index (κ2) is 9.17. The molecule has 0 amide bonds. The van der Waals surface area contributed by atoms with Gasteiger partial charge in [-0.05, 0) is 51.0 Å². The Balaban J connectivity index is 0.00000180. The lowest BCUT2D eigenvalue weighted by atomic mass is 9.84. The minimum Gasteiger partial charge on any atom is -0.381 e. The molecular weight excluding hydrogens is 260 g/mol. The number of hydrogen-bond donors (Lipinski definition) is 1. The number of rotatable bonds is 5. The quantitative estimate of drug-likeness (QED) is 0.846. The Morgan fingerprint density at radius 1 is 1.16 bits per heavy atom. The predicted octanol–water partition coefficient (Wildman–Crippen LogP) is 2.67. The smallest absolute Gasteiger partial charge is 0.0506 e. The summed E-state index contributed by atoms with van der Waals surface area (Å²) in [5, 5.41) is 0. The van der Waals surface area contributed by atoms with Crippen molar-refractivity contribution in [3.05, 3.63) is 0 Å². The van der Waals surface area contributed by atoms with Gasteiger partial charge in [0.25, 0.3) is 0 Å². The van der Waals surface area contributed by atoms with Crippen molar-refractivity contribution in [2.45, 2.75) is 51.5 Å². The van der Waals surface area contributed by atoms with Crippen LogP contribution in [-0.2, 0) is 4.74 Å². The van der Waals surface area contributed by atoms with Crippen molar-refractivity contribution in [2.75, 3.05) is 32.8 Å². The van der Waals surface area contributed by atoms with E-state index in [0.717, 1.165) is 25.0 Å². The number of hydrogen-bond acceptors (Lipinski definition) is 3. The van der Waals surface area contributed by atoms with Crippen LogP contribution in [0.3, 0.4) is 0 Å². The average Bonchev–Trinajstić information content (AvgIpc) is 2.40. The van der Waals surface area contributed by atoms with Gasteiger partial charge in [-0.3, -0.25) is 0 Å². The van der Waals surface area contributed by atoms with E-state index in [1.165, 1.54) is 58.2 Å². The first-order valence-corrected chi connectivity index (χ1v) is 7.85. The van der Waals surface area contributed by atoms with Gasteiger partial charge in [0, 0.05) is 25.7 Å². The molecule has 0 aromatic rings. The molecule has 2 aliphatic rings. The molecule has 19 heavy (non-hydrogen) atoms. The second-order valence-corrected chi connectivity index (χ2v) is 6.14. The first kappa shape index (κ1) is 17.2. The summed E-state index contributed by atoms with van der Waals surface area (Å²) in [5.41, 5.74) is 6.26. The summed E-state index contributed by atoms with van der Waals surface area (Å²) in [6.45, 7) is 7.61. The Morgan fingerprint density at radius 3 is 2.68 bits per heavy atom. The van der Waals surface area contributed by atoms with Crippen molar-refractivity contribution < 1.29 is 4.74 Å². The van der Waals surface area contributed by atoms with Crippen molar-refractivity contribution in [1.82, 2.24) is 4.90 Å². The number of likely N-dealkylation sites (tertiary alicyclic amines) is 1. The van der Waals surface area contributed by atoms with E-state index in [1.54, 1.807) is 0 Å². The van der Waals surface area contributed by atoms with Gasteiger partial charge >= 0.3 is 0 Å². The Hall–Kier alpha value is 0.170. The van der Waals surface area contributed by atoms with Crippen LogP contribution >= 0.6 is 12.4 Å². The first-order chi connectivity index (χ1) is 8.79. The molecule has 0 unspecified atom stereocenters. The monoisotopic (exact) mass is 290 g/mol. The Kier molecular flexibility index (Phi) is 8.31. The molecule has 1 aliphatic carbocycles. The Labute approximate surface area is 124 Å². The molecule has 1 saturated carbocycles. The largest absolute Gasteiger partial charge is 0.381 e. The normalized spacial score (nSPS) is 32.8. The molecule has 114 valence electrons. The van der Waals surface area contributed by atoms with Crippen LogP contribution < -0.4 is 5.73 Å². The number of nitrogens with zero attached hydrogens (tertiary/aromatic N) is 1. The Bertz CT molecular complexity index is 240. The van der Waals surface area contributed by atoms with Crippen LogP contribution in [0.2, 0.25) is 0 Å². The highest BCUT2D eigenvalue weighted by molar-refractivity contribution is 5.85. The maximum absolute atomic E-state index is 6.26. The molecule has 2 N–H and O–H groups in total. The van der Waals surface area contributed by atoms with E-state index >= 15 is 0 Å². The van der Waals surface area contributed by atoms with Gasteiger partial charge in [0.05, 0.1) is 6.61 Å². The lowest BCUT2D eigenvalue weighted by molar-refractivity contribution is 0.0574. The SMILES string of the molecule is CCOC[C@@H]1CCCN(C[C@H]2CCCC[C@@H]2N)C1.Cl. The van der Waals surface area contributed by atoms with Gasteiger partial charge in [0.1, 0.15) is 0 Å². The molecule has 0 spiro atoms. The average molecular weight is 291 g/mol. The standard InChI is InChI=1S/C15H30N2O.ClH/c1-2-18-12-13-6-5-9-17(10-13)11-14-7-3-4-8-15(14)16;/h13-15H,2-12,16H2,1H3;1H/t13-,14-,15+;/m1./s1. The van der Waals surface area contributed by atoms with Crippen LogP contribution in [0.5, 0.6) is 0 Å². The summed E-state index contributed by atoms with van der Waals surface area (Å²) in [5.74, 6) is 1.49. The van der Waals surface area contributed by atoms with Crippen LogP contribution in [0.15, 0.2) is 0 Å². The summed E-state index contributed by atoms with van der Waals surface area (Å²) in [4.78, 5) is 2.64. The molecule has 1 saturated heterocycles. The van der Waals surface area contributed by atoms with Crippen LogP contribution in [0.4, 0.5) is 0 Å². The summed E-state index contributed by atoms with van der Waals surface area (Å²) in [7, 11) is 0. The fourth-order valence-electron chi connectivity index (χ4n) is 3.53. The number of halogens is 1. The van der Waals surface area contributed by atoms with Crippen LogP contribution in [-0.4, -0.2) is 43.8 Å². The highest BCUT2D eigenvalue weighted by atomic mass is 35.5. The summed E-state index contributed by atoms with van der Waals surface area (Å²) < 4.78 is 5.58. The van der Waals surface area contributed by atoms with E-state index in [9.17, 15) is 0 Å². The predicted molar refractivity (Wildman–Crippen MR) is 82.8 cm³/mol. The highest BCUT2D eigenvalue weighted by Gasteiger charge is 2.26. The van der Waals surface area contributed by atoms with Gasteiger partial charge in [-0.1, -0.05) is 12.8 Å². The van der Waals surface area contributed by atoms with Gasteiger partial charge in [-0.25, -0.2) is 0 Å². The van der Waals surface area contributed by atoms with Crippen LogP contribution in [0.25, 0.3) is 0 Å². The highest BCUT2D eigenvalue weighted by Crippen LogP contribution is 2.26. The van der Waals surface area contributed by atoms with Gasteiger partial charge in [0.15, 0.2) is 0 Å². The van der Waals surface area contributed by atoms with Crippen molar-refractivity contribution in [3.63, 3.8) is 0 Å². The number of nitrogens with two attached hydrogens (primary N) is 1. The molecule has 1 aliphatic heterocycles. The van der Waals surface area contributed by atoms with E-state index < -0.39 is 0 Å². The van der Waals surface area contributed by atoms with Crippen molar-refractivity contribution in [2.24, 2.45) is 17.6 Å². The third kappa shape index (κ3) is 5.58. The van der Waals surface area contributed by atoms with E-state index in [0.29, 0.717) is 6.04 Å². The van der Waals surface area contributed by atoms with Crippen LogP contribution in [0.1, 0.15) is 45.4 Å². The van der Waals surface area contributed by atoms with Gasteiger partial charge < -0.3 is 15.4 Å². The van der Waals surface area contributed by atoms with Crippen molar-refractivity contribution in [1.29, 1.82) is 0 Å². The fraction of sp³-hybridized carbons (Fsp3) is 1.00. The topological polar surface area (TPSA) is 38.5 Å². The number of piperidine rings is 1. The van der Waals surface area contributed by atoms with Gasteiger partial charge in [-0.15, -0.1) is 12.4 Å². The zero-order valence-corrected chi connectivity index (χ0v) is 13.2. The third-order valence-corrected chi connectivity index (χ3v) is 4.62. The van der Waals surface area contributed by atoms with Gasteiger partial charge in [0.2, 0.25) is 0 Å². The van der Waals surface area contributed by atoms with E-state index in [4.69, 9.17) is 10.5 Å². The minimum atomic E-state index is 0. The minimum absolute atomic E-state index is 0. The first-order valence-electron chi connectivity index (χ1n) is 7.85.